The van der Waals surface area contributed by atoms with Crippen LogP contribution in [0.5, 0.6) is 0 Å². The van der Waals surface area contributed by atoms with Crippen LogP contribution in [0.2, 0.25) is 0 Å². The van der Waals surface area contributed by atoms with Gasteiger partial charge in [0.1, 0.15) is 6.33 Å². The van der Waals surface area contributed by atoms with E-state index in [1.807, 2.05) is 13.8 Å². The largest absolute Gasteiger partial charge is 0.448 e. The maximum atomic E-state index is 12.4. The first-order valence-electron chi connectivity index (χ1n) is 7.84. The monoisotopic (exact) mass is 305 g/mol. The van der Waals surface area contributed by atoms with E-state index in [9.17, 15) is 9.59 Å². The molecule has 2 rings (SSSR count). The standard InChI is InChI=1S/C16H23N3O3/c1-11(2)14(15(20)19-13-6-4-3-5-7-13)22-16(21)12-8-17-10-18-9-12/h8-11,13-14H,3-7H2,1-2H3,(H,19,20). The molecule has 1 aliphatic carbocycles. The fraction of sp³-hybridized carbons (Fsp3) is 0.625. The minimum Gasteiger partial charge on any atom is -0.448 e. The summed E-state index contributed by atoms with van der Waals surface area (Å²) in [6.07, 6.45) is 8.80. The molecule has 1 atom stereocenters. The predicted molar refractivity (Wildman–Crippen MR) is 81.1 cm³/mol. The van der Waals surface area contributed by atoms with Gasteiger partial charge in [0.25, 0.3) is 5.91 Å². The summed E-state index contributed by atoms with van der Waals surface area (Å²) in [5.41, 5.74) is 0.249. The van der Waals surface area contributed by atoms with Crippen LogP contribution in [0.3, 0.4) is 0 Å². The molecule has 1 unspecified atom stereocenters. The van der Waals surface area contributed by atoms with Crippen molar-refractivity contribution >= 4 is 11.9 Å². The van der Waals surface area contributed by atoms with E-state index < -0.39 is 12.1 Å². The molecule has 1 aromatic rings. The second-order valence-electron chi connectivity index (χ2n) is 6.04. The molecule has 0 aliphatic heterocycles. The predicted octanol–water partition coefficient (Wildman–Crippen LogP) is 2.11. The van der Waals surface area contributed by atoms with E-state index in [0.29, 0.717) is 0 Å². The van der Waals surface area contributed by atoms with Crippen molar-refractivity contribution in [3.63, 3.8) is 0 Å². The summed E-state index contributed by atoms with van der Waals surface area (Å²) < 4.78 is 5.37. The average molecular weight is 305 g/mol. The van der Waals surface area contributed by atoms with Crippen LogP contribution in [0.1, 0.15) is 56.3 Å². The van der Waals surface area contributed by atoms with E-state index in [4.69, 9.17) is 4.74 Å². The third kappa shape index (κ3) is 4.51. The molecule has 1 heterocycles. The van der Waals surface area contributed by atoms with Gasteiger partial charge in [0.15, 0.2) is 6.10 Å². The Bertz CT molecular complexity index is 499. The fourth-order valence-corrected chi connectivity index (χ4v) is 2.61. The van der Waals surface area contributed by atoms with Crippen molar-refractivity contribution in [2.75, 3.05) is 0 Å². The lowest BCUT2D eigenvalue weighted by Gasteiger charge is -2.27. The van der Waals surface area contributed by atoms with Gasteiger partial charge in [-0.2, -0.15) is 0 Å². The first-order chi connectivity index (χ1) is 10.6. The van der Waals surface area contributed by atoms with E-state index in [1.165, 1.54) is 25.1 Å². The molecule has 1 aromatic heterocycles. The number of esters is 1. The quantitative estimate of drug-likeness (QED) is 0.843. The van der Waals surface area contributed by atoms with Crippen LogP contribution in [0, 0.1) is 5.92 Å². The summed E-state index contributed by atoms with van der Waals surface area (Å²) in [6.45, 7) is 3.72. The molecule has 0 bridgehead atoms. The van der Waals surface area contributed by atoms with Gasteiger partial charge >= 0.3 is 5.97 Å². The number of rotatable bonds is 5. The van der Waals surface area contributed by atoms with Crippen molar-refractivity contribution in [2.45, 2.75) is 58.1 Å². The highest BCUT2D eigenvalue weighted by Gasteiger charge is 2.29. The number of nitrogens with zero attached hydrogens (tertiary/aromatic N) is 2. The van der Waals surface area contributed by atoms with Crippen LogP contribution in [0.4, 0.5) is 0 Å². The van der Waals surface area contributed by atoms with Crippen LogP contribution >= 0.6 is 0 Å². The Morgan fingerprint density at radius 1 is 1.18 bits per heavy atom. The molecule has 6 heteroatoms. The smallest absolute Gasteiger partial charge is 0.342 e. The topological polar surface area (TPSA) is 81.2 Å². The van der Waals surface area contributed by atoms with Gasteiger partial charge in [0.05, 0.1) is 5.56 Å². The summed E-state index contributed by atoms with van der Waals surface area (Å²) >= 11 is 0. The number of hydrogen-bond acceptors (Lipinski definition) is 5. The summed E-state index contributed by atoms with van der Waals surface area (Å²) in [6, 6.07) is 0.196. The molecule has 0 radical (unpaired) electrons. The van der Waals surface area contributed by atoms with Gasteiger partial charge in [0.2, 0.25) is 0 Å². The summed E-state index contributed by atoms with van der Waals surface area (Å²) in [7, 11) is 0. The lowest BCUT2D eigenvalue weighted by Crippen LogP contribution is -2.46. The molecule has 1 fully saturated rings. The van der Waals surface area contributed by atoms with Gasteiger partial charge in [-0.15, -0.1) is 0 Å². The van der Waals surface area contributed by atoms with E-state index >= 15 is 0 Å². The zero-order chi connectivity index (χ0) is 15.9. The third-order valence-electron chi connectivity index (χ3n) is 3.85. The molecule has 1 N–H and O–H groups in total. The van der Waals surface area contributed by atoms with Crippen LogP contribution in [-0.4, -0.2) is 34.0 Å². The van der Waals surface area contributed by atoms with Gasteiger partial charge in [0, 0.05) is 18.4 Å². The van der Waals surface area contributed by atoms with Gasteiger partial charge in [-0.3, -0.25) is 4.79 Å². The highest BCUT2D eigenvalue weighted by Crippen LogP contribution is 2.18. The van der Waals surface area contributed by atoms with Gasteiger partial charge in [-0.1, -0.05) is 33.1 Å². The Labute approximate surface area is 130 Å². The van der Waals surface area contributed by atoms with E-state index in [-0.39, 0.29) is 23.4 Å². The van der Waals surface area contributed by atoms with Crippen LogP contribution in [0.15, 0.2) is 18.7 Å². The van der Waals surface area contributed by atoms with Gasteiger partial charge in [-0.05, 0) is 18.8 Å². The van der Waals surface area contributed by atoms with Crippen LogP contribution in [-0.2, 0) is 9.53 Å². The normalized spacial score (nSPS) is 17.0. The molecule has 120 valence electrons. The summed E-state index contributed by atoms with van der Waals surface area (Å²) in [4.78, 5) is 32.0. The Kier molecular flexibility index (Phi) is 5.86. The molecule has 0 saturated heterocycles. The van der Waals surface area contributed by atoms with Crippen LogP contribution < -0.4 is 5.32 Å². The van der Waals surface area contributed by atoms with Crippen molar-refractivity contribution in [3.8, 4) is 0 Å². The van der Waals surface area contributed by atoms with Crippen molar-refractivity contribution in [1.29, 1.82) is 0 Å². The third-order valence-corrected chi connectivity index (χ3v) is 3.85. The number of carbonyl (C=O) groups excluding carboxylic acids is 2. The molecule has 6 nitrogen and oxygen atoms in total. The van der Waals surface area contributed by atoms with E-state index in [2.05, 4.69) is 15.3 Å². The SMILES string of the molecule is CC(C)C(OC(=O)c1cncnc1)C(=O)NC1CCCCC1. The van der Waals surface area contributed by atoms with Gasteiger partial charge < -0.3 is 10.1 Å². The first kappa shape index (κ1) is 16.4. The Hall–Kier alpha value is -1.98. The number of hydrogen-bond donors (Lipinski definition) is 1. The second kappa shape index (κ2) is 7.87. The highest BCUT2D eigenvalue weighted by atomic mass is 16.5. The van der Waals surface area contributed by atoms with Crippen molar-refractivity contribution in [1.82, 2.24) is 15.3 Å². The molecule has 22 heavy (non-hydrogen) atoms. The van der Waals surface area contributed by atoms with E-state index in [0.717, 1.165) is 25.7 Å². The number of ether oxygens (including phenoxy) is 1. The summed E-state index contributed by atoms with van der Waals surface area (Å²) in [5.74, 6) is -0.887. The summed E-state index contributed by atoms with van der Waals surface area (Å²) in [5, 5.41) is 3.01. The Morgan fingerprint density at radius 3 is 2.41 bits per heavy atom. The minimum atomic E-state index is -0.797. The van der Waals surface area contributed by atoms with Crippen molar-refractivity contribution in [2.24, 2.45) is 5.92 Å². The van der Waals surface area contributed by atoms with Crippen LogP contribution in [0.25, 0.3) is 0 Å². The molecule has 1 saturated carbocycles. The molecule has 0 aromatic carbocycles. The zero-order valence-corrected chi connectivity index (χ0v) is 13.1. The molecule has 1 amide bonds. The number of aromatic nitrogens is 2. The Morgan fingerprint density at radius 2 is 1.82 bits per heavy atom. The van der Waals surface area contributed by atoms with Crippen molar-refractivity contribution in [3.05, 3.63) is 24.3 Å². The fourth-order valence-electron chi connectivity index (χ4n) is 2.61. The molecule has 0 spiro atoms. The molecular formula is C16H23N3O3. The first-order valence-corrected chi connectivity index (χ1v) is 7.84. The number of carbonyl (C=O) groups is 2. The lowest BCUT2D eigenvalue weighted by atomic mass is 9.95. The van der Waals surface area contributed by atoms with Gasteiger partial charge in [-0.25, -0.2) is 14.8 Å². The zero-order valence-electron chi connectivity index (χ0n) is 13.1. The average Bonchev–Trinajstić information content (AvgIpc) is 2.53. The molecule has 1 aliphatic rings. The minimum absolute atomic E-state index is 0.0998. The molecular weight excluding hydrogens is 282 g/mol. The van der Waals surface area contributed by atoms with Crippen molar-refractivity contribution < 1.29 is 14.3 Å². The maximum Gasteiger partial charge on any atom is 0.342 e. The number of nitrogens with one attached hydrogen (secondary N) is 1. The lowest BCUT2D eigenvalue weighted by molar-refractivity contribution is -0.133. The number of amides is 1. The van der Waals surface area contributed by atoms with E-state index in [1.54, 1.807) is 0 Å². The Balaban J connectivity index is 1.96. The maximum absolute atomic E-state index is 12.4. The highest BCUT2D eigenvalue weighted by molar-refractivity contribution is 5.91. The second-order valence-corrected chi connectivity index (χ2v) is 6.04.